The molecule has 0 saturated heterocycles. The molecule has 0 aliphatic carbocycles. The van der Waals surface area contributed by atoms with E-state index in [4.69, 9.17) is 4.55 Å². The van der Waals surface area contributed by atoms with Gasteiger partial charge in [0.15, 0.2) is 0 Å². The summed E-state index contributed by atoms with van der Waals surface area (Å²) in [5.74, 6) is -0.185. The van der Waals surface area contributed by atoms with Crippen LogP contribution in [0.2, 0.25) is 0 Å². The van der Waals surface area contributed by atoms with Gasteiger partial charge in [-0.15, -0.1) is 0 Å². The third-order valence-corrected chi connectivity index (χ3v) is 3.38. The predicted molar refractivity (Wildman–Crippen MR) is 70.1 cm³/mol. The van der Waals surface area contributed by atoms with E-state index in [0.29, 0.717) is 13.0 Å². The number of aryl methyl sites for hydroxylation is 1. The number of anilines is 1. The number of benzene rings is 1. The second kappa shape index (κ2) is 8.17. The average Bonchev–Trinajstić information content (AvgIpc) is 2.23. The van der Waals surface area contributed by atoms with Crippen molar-refractivity contribution < 1.29 is 42.5 Å². The molecule has 1 N–H and O–H groups in total. The maximum Gasteiger partial charge on any atom is 1.00 e. The molecule has 1 aromatic rings. The third kappa shape index (κ3) is 6.75. The van der Waals surface area contributed by atoms with Crippen molar-refractivity contribution in [3.05, 3.63) is 29.8 Å². The van der Waals surface area contributed by atoms with Crippen LogP contribution in [0.4, 0.5) is 5.69 Å². The number of nitrogens with zero attached hydrogens (tertiary/aromatic N) is 1. The molecule has 0 radical (unpaired) electrons. The van der Waals surface area contributed by atoms with Crippen LogP contribution < -0.4 is 34.5 Å². The zero-order chi connectivity index (χ0) is 12.9. The van der Waals surface area contributed by atoms with Crippen LogP contribution >= 0.6 is 0 Å². The van der Waals surface area contributed by atoms with Crippen molar-refractivity contribution in [2.75, 3.05) is 23.7 Å². The number of hydrogen-bond donors (Lipinski definition) is 1. The Bertz CT molecular complexity index is 462. The monoisotopic (exact) mass is 280 g/mol. The van der Waals surface area contributed by atoms with E-state index in [1.165, 1.54) is 5.56 Å². The van der Waals surface area contributed by atoms with Crippen LogP contribution in [-0.4, -0.2) is 31.8 Å². The molecule has 0 aromatic heterocycles. The van der Waals surface area contributed by atoms with E-state index in [1.807, 2.05) is 32.0 Å². The molecule has 0 spiro atoms. The van der Waals surface area contributed by atoms with Crippen LogP contribution in [0, 0.1) is 6.92 Å². The van der Waals surface area contributed by atoms with Crippen molar-refractivity contribution in [1.29, 1.82) is 0 Å². The van der Waals surface area contributed by atoms with Crippen molar-refractivity contribution in [2.45, 2.75) is 20.3 Å². The van der Waals surface area contributed by atoms with Gasteiger partial charge in [-0.1, -0.05) is 12.1 Å². The van der Waals surface area contributed by atoms with Gasteiger partial charge >= 0.3 is 29.6 Å². The minimum absolute atomic E-state index is 0. The van der Waals surface area contributed by atoms with Gasteiger partial charge in [0.2, 0.25) is 0 Å². The molecule has 0 amide bonds. The zero-order valence-corrected chi connectivity index (χ0v) is 14.1. The van der Waals surface area contributed by atoms with Crippen molar-refractivity contribution in [1.82, 2.24) is 0 Å². The van der Waals surface area contributed by atoms with E-state index in [-0.39, 0.29) is 35.3 Å². The summed E-state index contributed by atoms with van der Waals surface area (Å²) < 4.78 is 29.9. The largest absolute Gasteiger partial charge is 1.00 e. The summed E-state index contributed by atoms with van der Waals surface area (Å²) in [6.07, 6.45) is 0.431. The molecule has 0 unspecified atom stereocenters. The molecule has 1 aromatic carbocycles. The maximum absolute atomic E-state index is 10.6. The van der Waals surface area contributed by atoms with Gasteiger partial charge in [-0.05, 0) is 38.0 Å². The second-order valence-corrected chi connectivity index (χ2v) is 5.63. The number of hydrogen-bond acceptors (Lipinski definition) is 3. The first-order valence-corrected chi connectivity index (χ1v) is 7.30. The molecule has 0 bridgehead atoms. The minimum Gasteiger partial charge on any atom is -0.372 e. The van der Waals surface area contributed by atoms with Gasteiger partial charge in [0.1, 0.15) is 0 Å². The molecule has 96 valence electrons. The van der Waals surface area contributed by atoms with Crippen LogP contribution in [0.25, 0.3) is 0 Å². The van der Waals surface area contributed by atoms with Crippen LogP contribution in [0.15, 0.2) is 24.3 Å². The molecule has 0 atom stereocenters. The first-order valence-electron chi connectivity index (χ1n) is 5.69. The molecule has 0 aliphatic heterocycles. The molecule has 0 heterocycles. The fourth-order valence-corrected chi connectivity index (χ4v) is 2.23. The van der Waals surface area contributed by atoms with Gasteiger partial charge in [0.05, 0.1) is 5.75 Å². The van der Waals surface area contributed by atoms with Crippen molar-refractivity contribution >= 4 is 15.8 Å². The Morgan fingerprint density at radius 2 is 2.00 bits per heavy atom. The predicted octanol–water partition coefficient (Wildman–Crippen LogP) is -0.897. The van der Waals surface area contributed by atoms with Gasteiger partial charge < -0.3 is 4.90 Å². The van der Waals surface area contributed by atoms with Gasteiger partial charge in [-0.2, -0.15) is 8.42 Å². The SMILES string of the molecule is CCN(CCCS(=O)(=O)O)c1cccc(C)c1.[Na+]. The summed E-state index contributed by atoms with van der Waals surface area (Å²) in [6, 6.07) is 8.08. The summed E-state index contributed by atoms with van der Waals surface area (Å²) in [4.78, 5) is 2.10. The van der Waals surface area contributed by atoms with E-state index in [1.54, 1.807) is 0 Å². The topological polar surface area (TPSA) is 57.6 Å². The van der Waals surface area contributed by atoms with Crippen LogP contribution in [0.3, 0.4) is 0 Å². The number of rotatable bonds is 6. The molecule has 4 nitrogen and oxygen atoms in total. The van der Waals surface area contributed by atoms with Gasteiger partial charge in [-0.3, -0.25) is 4.55 Å². The van der Waals surface area contributed by atoms with Crippen molar-refractivity contribution in [3.63, 3.8) is 0 Å². The van der Waals surface area contributed by atoms with E-state index < -0.39 is 10.1 Å². The van der Waals surface area contributed by atoms with Crippen LogP contribution in [0.5, 0.6) is 0 Å². The fraction of sp³-hybridized carbons (Fsp3) is 0.500. The summed E-state index contributed by atoms with van der Waals surface area (Å²) in [5, 5.41) is 0. The zero-order valence-electron chi connectivity index (χ0n) is 11.3. The summed E-state index contributed by atoms with van der Waals surface area (Å²) in [5.41, 5.74) is 2.26. The maximum atomic E-state index is 10.6. The Morgan fingerprint density at radius 3 is 2.50 bits per heavy atom. The molecule has 0 aliphatic rings. The third-order valence-electron chi connectivity index (χ3n) is 2.58. The molecule has 18 heavy (non-hydrogen) atoms. The average molecular weight is 280 g/mol. The standard InChI is InChI=1S/C12H19NO3S.Na/c1-3-13(8-5-9-17(14,15)16)12-7-4-6-11(2)10-12;/h4,6-7,10H,3,5,8-9H2,1-2H3,(H,14,15,16);/q;+1. The first kappa shape index (κ1) is 17.9. The first-order chi connectivity index (χ1) is 7.92. The van der Waals surface area contributed by atoms with E-state index in [0.717, 1.165) is 12.2 Å². The molecular weight excluding hydrogens is 261 g/mol. The Labute approximate surface area is 131 Å². The Kier molecular flexibility index (Phi) is 8.14. The molecule has 0 saturated carbocycles. The Morgan fingerprint density at radius 1 is 1.33 bits per heavy atom. The van der Waals surface area contributed by atoms with E-state index >= 15 is 0 Å². The van der Waals surface area contributed by atoms with Crippen LogP contribution in [-0.2, 0) is 10.1 Å². The molecule has 1 rings (SSSR count). The molecule has 0 fully saturated rings. The van der Waals surface area contributed by atoms with E-state index in [2.05, 4.69) is 11.0 Å². The summed E-state index contributed by atoms with van der Waals surface area (Å²) in [6.45, 7) is 5.49. The smallest absolute Gasteiger partial charge is 0.372 e. The van der Waals surface area contributed by atoms with Crippen molar-refractivity contribution in [3.8, 4) is 0 Å². The molecule has 6 heteroatoms. The Hall–Kier alpha value is -0.0700. The van der Waals surface area contributed by atoms with Gasteiger partial charge in [0, 0.05) is 18.8 Å². The Balaban J connectivity index is 0.00000289. The minimum atomic E-state index is -3.85. The second-order valence-electron chi connectivity index (χ2n) is 4.06. The summed E-state index contributed by atoms with van der Waals surface area (Å²) in [7, 11) is -3.85. The normalized spacial score (nSPS) is 10.8. The van der Waals surface area contributed by atoms with Gasteiger partial charge in [0.25, 0.3) is 10.1 Å². The van der Waals surface area contributed by atoms with Crippen LogP contribution in [0.1, 0.15) is 18.9 Å². The fourth-order valence-electron chi connectivity index (χ4n) is 1.73. The van der Waals surface area contributed by atoms with E-state index in [9.17, 15) is 8.42 Å². The quantitative estimate of drug-likeness (QED) is 0.542. The van der Waals surface area contributed by atoms with Crippen molar-refractivity contribution in [2.24, 2.45) is 0 Å². The summed E-state index contributed by atoms with van der Waals surface area (Å²) >= 11 is 0. The van der Waals surface area contributed by atoms with Gasteiger partial charge in [-0.25, -0.2) is 0 Å². The molecular formula is C12H19NNaO3S+.